The van der Waals surface area contributed by atoms with E-state index in [1.807, 2.05) is 38.1 Å². The van der Waals surface area contributed by atoms with E-state index in [0.717, 1.165) is 11.3 Å². The van der Waals surface area contributed by atoms with E-state index < -0.39 is 0 Å². The van der Waals surface area contributed by atoms with Crippen molar-refractivity contribution in [2.24, 2.45) is 0 Å². The van der Waals surface area contributed by atoms with Crippen molar-refractivity contribution in [2.45, 2.75) is 33.4 Å². The molecule has 5 heteroatoms. The lowest BCUT2D eigenvalue weighted by Gasteiger charge is -2.25. The van der Waals surface area contributed by atoms with E-state index in [1.54, 1.807) is 18.9 Å². The highest BCUT2D eigenvalue weighted by atomic mass is 16.2. The number of carbonyl (C=O) groups excluding carboxylic acids is 2. The maximum absolute atomic E-state index is 11.5. The van der Waals surface area contributed by atoms with Gasteiger partial charge in [-0.1, -0.05) is 12.1 Å². The molecule has 0 radical (unpaired) electrons. The molecular formula is C15H23N3O2. The lowest BCUT2D eigenvalue weighted by atomic mass is 10.1. The smallest absolute Gasteiger partial charge is 0.238 e. The van der Waals surface area contributed by atoms with E-state index in [9.17, 15) is 9.59 Å². The quantitative estimate of drug-likeness (QED) is 0.830. The lowest BCUT2D eigenvalue weighted by molar-refractivity contribution is -0.131. The number of hydrogen-bond donors (Lipinski definition) is 2. The minimum atomic E-state index is -0.0761. The number of nitrogens with one attached hydrogen (secondary N) is 2. The molecule has 1 aromatic rings. The van der Waals surface area contributed by atoms with Crippen LogP contribution in [0.25, 0.3) is 0 Å². The van der Waals surface area contributed by atoms with Crippen LogP contribution in [-0.2, 0) is 16.1 Å². The van der Waals surface area contributed by atoms with Crippen LogP contribution in [0.15, 0.2) is 24.3 Å². The molecule has 0 aliphatic carbocycles. The fourth-order valence-corrected chi connectivity index (χ4v) is 1.91. The molecule has 1 rings (SSSR count). The van der Waals surface area contributed by atoms with Crippen LogP contribution in [0.5, 0.6) is 0 Å². The first-order valence-electron chi connectivity index (χ1n) is 6.74. The molecule has 0 bridgehead atoms. The van der Waals surface area contributed by atoms with Gasteiger partial charge in [-0.2, -0.15) is 0 Å². The molecule has 0 aliphatic heterocycles. The molecule has 5 nitrogen and oxygen atoms in total. The Labute approximate surface area is 120 Å². The Morgan fingerprint density at radius 1 is 1.20 bits per heavy atom. The summed E-state index contributed by atoms with van der Waals surface area (Å²) in [6.45, 7) is 6.43. The van der Waals surface area contributed by atoms with Gasteiger partial charge in [0.2, 0.25) is 11.8 Å². The summed E-state index contributed by atoms with van der Waals surface area (Å²) in [7, 11) is 1.73. The van der Waals surface area contributed by atoms with Crippen LogP contribution >= 0.6 is 0 Å². The minimum absolute atomic E-state index is 0.0615. The monoisotopic (exact) mass is 277 g/mol. The van der Waals surface area contributed by atoms with Gasteiger partial charge < -0.3 is 15.5 Å². The second kappa shape index (κ2) is 7.65. The molecule has 2 N–H and O–H groups in total. The summed E-state index contributed by atoms with van der Waals surface area (Å²) in [5, 5.41) is 5.58. The first-order chi connectivity index (χ1) is 9.43. The number of amides is 2. The summed E-state index contributed by atoms with van der Waals surface area (Å²) < 4.78 is 0. The Hall–Kier alpha value is -1.88. The summed E-state index contributed by atoms with van der Waals surface area (Å²) in [5.74, 6) is -0.0146. The third-order valence-electron chi connectivity index (χ3n) is 2.96. The van der Waals surface area contributed by atoms with E-state index in [1.165, 1.54) is 0 Å². The predicted molar refractivity (Wildman–Crippen MR) is 80.4 cm³/mol. The van der Waals surface area contributed by atoms with Gasteiger partial charge in [0.15, 0.2) is 0 Å². The van der Waals surface area contributed by atoms with Crippen molar-refractivity contribution in [1.82, 2.24) is 10.2 Å². The Morgan fingerprint density at radius 2 is 1.80 bits per heavy atom. The van der Waals surface area contributed by atoms with Crippen LogP contribution in [0, 0.1) is 0 Å². The maximum atomic E-state index is 11.5. The number of benzene rings is 1. The van der Waals surface area contributed by atoms with Gasteiger partial charge in [-0.3, -0.25) is 9.59 Å². The number of nitrogens with zero attached hydrogens (tertiary/aromatic N) is 1. The third-order valence-corrected chi connectivity index (χ3v) is 2.96. The molecule has 0 heterocycles. The average molecular weight is 277 g/mol. The van der Waals surface area contributed by atoms with Crippen LogP contribution < -0.4 is 10.6 Å². The highest BCUT2D eigenvalue weighted by Crippen LogP contribution is 2.13. The molecule has 0 unspecified atom stereocenters. The van der Waals surface area contributed by atoms with E-state index >= 15 is 0 Å². The van der Waals surface area contributed by atoms with Crippen molar-refractivity contribution in [2.75, 3.05) is 18.9 Å². The van der Waals surface area contributed by atoms with Gasteiger partial charge in [0.25, 0.3) is 0 Å². The maximum Gasteiger partial charge on any atom is 0.238 e. The van der Waals surface area contributed by atoms with Crippen LogP contribution in [0.4, 0.5) is 5.69 Å². The van der Waals surface area contributed by atoms with E-state index in [0.29, 0.717) is 6.54 Å². The summed E-state index contributed by atoms with van der Waals surface area (Å²) in [6.07, 6.45) is 0. The second-order valence-corrected chi connectivity index (χ2v) is 5.02. The molecule has 0 aromatic heterocycles. The molecule has 0 saturated carbocycles. The van der Waals surface area contributed by atoms with Gasteiger partial charge in [0.1, 0.15) is 0 Å². The largest absolute Gasteiger partial charge is 0.336 e. The Balaban J connectivity index is 2.66. The van der Waals surface area contributed by atoms with Crippen molar-refractivity contribution in [3.05, 3.63) is 29.8 Å². The van der Waals surface area contributed by atoms with Gasteiger partial charge >= 0.3 is 0 Å². The van der Waals surface area contributed by atoms with Gasteiger partial charge in [-0.25, -0.2) is 0 Å². The van der Waals surface area contributed by atoms with Crippen LogP contribution in [0.1, 0.15) is 26.3 Å². The molecule has 0 saturated heterocycles. The normalized spacial score (nSPS) is 10.4. The summed E-state index contributed by atoms with van der Waals surface area (Å²) in [6, 6.07) is 7.71. The Kier molecular flexibility index (Phi) is 6.18. The standard InChI is InChI=1S/C15H23N3O2/c1-11(2)18(12(3)19)10-13-5-7-14(8-6-13)17-15(20)9-16-4/h5-8,11,16H,9-10H2,1-4H3,(H,17,20). The molecule has 1 aromatic carbocycles. The Bertz CT molecular complexity index is 455. The minimum Gasteiger partial charge on any atom is -0.336 e. The SMILES string of the molecule is CNCC(=O)Nc1ccc(CN(C(C)=O)C(C)C)cc1. The van der Waals surface area contributed by atoms with E-state index in [4.69, 9.17) is 0 Å². The topological polar surface area (TPSA) is 61.4 Å². The van der Waals surface area contributed by atoms with Gasteiger partial charge in [-0.05, 0) is 38.6 Å². The predicted octanol–water partition coefficient (Wildman–Crippen LogP) is 1.60. The van der Waals surface area contributed by atoms with E-state index in [-0.39, 0.29) is 24.4 Å². The molecule has 0 aliphatic rings. The summed E-state index contributed by atoms with van der Waals surface area (Å²) in [4.78, 5) is 24.8. The van der Waals surface area contributed by atoms with Crippen molar-refractivity contribution in [3.63, 3.8) is 0 Å². The molecule has 20 heavy (non-hydrogen) atoms. The van der Waals surface area contributed by atoms with Gasteiger partial charge in [0.05, 0.1) is 6.54 Å². The molecule has 0 fully saturated rings. The lowest BCUT2D eigenvalue weighted by Crippen LogP contribution is -2.34. The molecular weight excluding hydrogens is 254 g/mol. The Morgan fingerprint density at radius 3 is 2.25 bits per heavy atom. The zero-order valence-corrected chi connectivity index (χ0v) is 12.6. The molecule has 2 amide bonds. The fraction of sp³-hybridized carbons (Fsp3) is 0.467. The number of likely N-dealkylation sites (N-methyl/N-ethyl adjacent to an activating group) is 1. The summed E-state index contributed by atoms with van der Waals surface area (Å²) >= 11 is 0. The molecule has 110 valence electrons. The average Bonchev–Trinajstić information content (AvgIpc) is 2.37. The highest BCUT2D eigenvalue weighted by molar-refractivity contribution is 5.92. The van der Waals surface area contributed by atoms with Crippen molar-refractivity contribution < 1.29 is 9.59 Å². The van der Waals surface area contributed by atoms with Crippen molar-refractivity contribution >= 4 is 17.5 Å². The van der Waals surface area contributed by atoms with Crippen molar-refractivity contribution in [3.8, 4) is 0 Å². The van der Waals surface area contributed by atoms with Crippen LogP contribution in [0.3, 0.4) is 0 Å². The zero-order chi connectivity index (χ0) is 15.1. The van der Waals surface area contributed by atoms with Crippen molar-refractivity contribution in [1.29, 1.82) is 0 Å². The second-order valence-electron chi connectivity index (χ2n) is 5.02. The fourth-order valence-electron chi connectivity index (χ4n) is 1.91. The molecule has 0 spiro atoms. The number of anilines is 1. The number of carbonyl (C=O) groups is 2. The van der Waals surface area contributed by atoms with Crippen LogP contribution in [-0.4, -0.2) is 36.3 Å². The van der Waals surface area contributed by atoms with Gasteiger partial charge in [-0.15, -0.1) is 0 Å². The third kappa shape index (κ3) is 5.01. The van der Waals surface area contributed by atoms with E-state index in [2.05, 4.69) is 10.6 Å². The van der Waals surface area contributed by atoms with Gasteiger partial charge in [0, 0.05) is 25.2 Å². The van der Waals surface area contributed by atoms with Crippen LogP contribution in [0.2, 0.25) is 0 Å². The summed E-state index contributed by atoms with van der Waals surface area (Å²) in [5.41, 5.74) is 1.80. The zero-order valence-electron chi connectivity index (χ0n) is 12.6. The molecule has 0 atom stereocenters. The number of rotatable bonds is 6. The first kappa shape index (κ1) is 16.2. The first-order valence-corrected chi connectivity index (χ1v) is 6.74. The number of hydrogen-bond acceptors (Lipinski definition) is 3. The highest BCUT2D eigenvalue weighted by Gasteiger charge is 2.12.